The van der Waals surface area contributed by atoms with Crippen molar-refractivity contribution in [3.8, 4) is 0 Å². The third-order valence-corrected chi connectivity index (χ3v) is 4.76. The molecule has 1 saturated heterocycles. The van der Waals surface area contributed by atoms with Gasteiger partial charge >= 0.3 is 6.03 Å². The highest BCUT2D eigenvalue weighted by Gasteiger charge is 2.40. The number of halogens is 2. The SMILES string of the molecule is NCCNC(=O)C1N(C(=O)Nc2ccc(F)cc2)CCCN1C(=O)c1cccc(F)c1. The predicted octanol–water partition coefficient (Wildman–Crippen LogP) is 1.75. The number of rotatable bonds is 5. The van der Waals surface area contributed by atoms with E-state index in [9.17, 15) is 23.2 Å². The summed E-state index contributed by atoms with van der Waals surface area (Å²) >= 11 is 0. The van der Waals surface area contributed by atoms with E-state index >= 15 is 0 Å². The molecule has 164 valence electrons. The van der Waals surface area contributed by atoms with Gasteiger partial charge in [0.25, 0.3) is 11.8 Å². The Kier molecular flexibility index (Phi) is 7.14. The van der Waals surface area contributed by atoms with Crippen molar-refractivity contribution in [2.24, 2.45) is 5.73 Å². The van der Waals surface area contributed by atoms with Gasteiger partial charge in [0.2, 0.25) is 0 Å². The van der Waals surface area contributed by atoms with Gasteiger partial charge in [0, 0.05) is 37.4 Å². The molecule has 1 aliphatic heterocycles. The topological polar surface area (TPSA) is 108 Å². The first-order valence-corrected chi connectivity index (χ1v) is 9.78. The van der Waals surface area contributed by atoms with Crippen LogP contribution in [-0.4, -0.2) is 60.0 Å². The van der Waals surface area contributed by atoms with Crippen molar-refractivity contribution in [3.63, 3.8) is 0 Å². The van der Waals surface area contributed by atoms with Gasteiger partial charge in [0.1, 0.15) is 11.6 Å². The maximum atomic E-state index is 13.6. The second-order valence-corrected chi connectivity index (χ2v) is 6.95. The maximum Gasteiger partial charge on any atom is 0.323 e. The molecule has 8 nitrogen and oxygen atoms in total. The monoisotopic (exact) mass is 431 g/mol. The number of carbonyl (C=O) groups excluding carboxylic acids is 3. The van der Waals surface area contributed by atoms with E-state index < -0.39 is 35.6 Å². The Hall–Kier alpha value is -3.53. The minimum absolute atomic E-state index is 0.0671. The normalized spacial score (nSPS) is 16.0. The fraction of sp³-hybridized carbons (Fsp3) is 0.286. The quantitative estimate of drug-likeness (QED) is 0.670. The summed E-state index contributed by atoms with van der Waals surface area (Å²) in [7, 11) is 0. The Bertz CT molecular complexity index is 954. The molecular weight excluding hydrogens is 408 g/mol. The van der Waals surface area contributed by atoms with Crippen molar-refractivity contribution >= 4 is 23.5 Å². The summed E-state index contributed by atoms with van der Waals surface area (Å²) in [5.74, 6) is -2.20. The summed E-state index contributed by atoms with van der Waals surface area (Å²) < 4.78 is 26.8. The third-order valence-electron chi connectivity index (χ3n) is 4.76. The molecule has 0 aromatic heterocycles. The van der Waals surface area contributed by atoms with Gasteiger partial charge < -0.3 is 21.3 Å². The number of nitrogens with one attached hydrogen (secondary N) is 2. The number of nitrogens with two attached hydrogens (primary N) is 1. The van der Waals surface area contributed by atoms with Gasteiger partial charge in [-0.05, 0) is 48.9 Å². The van der Waals surface area contributed by atoms with Gasteiger partial charge in [-0.25, -0.2) is 13.6 Å². The number of hydrogen-bond acceptors (Lipinski definition) is 4. The lowest BCUT2D eigenvalue weighted by molar-refractivity contribution is -0.132. The molecule has 0 bridgehead atoms. The number of benzene rings is 2. The van der Waals surface area contributed by atoms with Crippen LogP contribution in [0.4, 0.5) is 19.3 Å². The number of urea groups is 1. The minimum atomic E-state index is -1.25. The molecule has 1 heterocycles. The molecule has 1 aliphatic rings. The molecule has 31 heavy (non-hydrogen) atoms. The highest BCUT2D eigenvalue weighted by Crippen LogP contribution is 2.20. The largest absolute Gasteiger partial charge is 0.351 e. The van der Waals surface area contributed by atoms with E-state index in [0.717, 1.165) is 6.07 Å². The van der Waals surface area contributed by atoms with Crippen molar-refractivity contribution < 1.29 is 23.2 Å². The average Bonchev–Trinajstić information content (AvgIpc) is 2.78. The van der Waals surface area contributed by atoms with E-state index in [1.54, 1.807) is 0 Å². The molecule has 10 heteroatoms. The zero-order valence-corrected chi connectivity index (χ0v) is 16.7. The molecule has 0 saturated carbocycles. The van der Waals surface area contributed by atoms with Gasteiger partial charge in [-0.1, -0.05) is 6.07 Å². The van der Waals surface area contributed by atoms with E-state index in [1.165, 1.54) is 52.3 Å². The molecule has 4 N–H and O–H groups in total. The molecular formula is C21H23F2N5O3. The summed E-state index contributed by atoms with van der Waals surface area (Å²) in [6.45, 7) is 0.750. The summed E-state index contributed by atoms with van der Waals surface area (Å²) in [5.41, 5.74) is 5.86. The maximum absolute atomic E-state index is 13.6. The number of carbonyl (C=O) groups is 3. The van der Waals surface area contributed by atoms with Crippen LogP contribution in [0.2, 0.25) is 0 Å². The fourth-order valence-electron chi connectivity index (χ4n) is 3.34. The molecule has 0 radical (unpaired) electrons. The first-order chi connectivity index (χ1) is 14.9. The van der Waals surface area contributed by atoms with Crippen LogP contribution in [-0.2, 0) is 4.79 Å². The zero-order valence-electron chi connectivity index (χ0n) is 16.7. The van der Waals surface area contributed by atoms with Gasteiger partial charge in [-0.15, -0.1) is 0 Å². The van der Waals surface area contributed by atoms with Crippen molar-refractivity contribution in [2.45, 2.75) is 12.6 Å². The molecule has 2 aromatic carbocycles. The molecule has 0 spiro atoms. The van der Waals surface area contributed by atoms with E-state index in [-0.39, 0.29) is 31.7 Å². The fourth-order valence-corrected chi connectivity index (χ4v) is 3.34. The molecule has 1 fully saturated rings. The number of anilines is 1. The molecule has 0 aliphatic carbocycles. The van der Waals surface area contributed by atoms with E-state index in [4.69, 9.17) is 5.73 Å². The van der Waals surface area contributed by atoms with E-state index in [1.807, 2.05) is 0 Å². The second kappa shape index (κ2) is 9.98. The van der Waals surface area contributed by atoms with Gasteiger partial charge in [0.05, 0.1) is 0 Å². The van der Waals surface area contributed by atoms with Crippen LogP contribution in [0.3, 0.4) is 0 Å². The lowest BCUT2D eigenvalue weighted by Gasteiger charge is -2.42. The van der Waals surface area contributed by atoms with Gasteiger partial charge in [0.15, 0.2) is 6.17 Å². The van der Waals surface area contributed by atoms with Crippen LogP contribution in [0.15, 0.2) is 48.5 Å². The number of nitrogens with zero attached hydrogens (tertiary/aromatic N) is 2. The third kappa shape index (κ3) is 5.34. The highest BCUT2D eigenvalue weighted by molar-refractivity contribution is 6.00. The summed E-state index contributed by atoms with van der Waals surface area (Å²) in [6, 6.07) is 9.65. The minimum Gasteiger partial charge on any atom is -0.351 e. The molecule has 1 atom stereocenters. The standard InChI is InChI=1S/C21H23F2N5O3/c22-15-5-7-17(8-6-15)26-21(31)28-12-2-11-27(19(28)18(29)25-10-9-24)20(30)14-3-1-4-16(23)13-14/h1,3-8,13,19H,2,9-12,24H2,(H,25,29)(H,26,31). The summed E-state index contributed by atoms with van der Waals surface area (Å²) in [4.78, 5) is 41.3. The Balaban J connectivity index is 1.87. The van der Waals surface area contributed by atoms with Crippen molar-refractivity contribution in [1.29, 1.82) is 0 Å². The molecule has 1 unspecified atom stereocenters. The van der Waals surface area contributed by atoms with Crippen LogP contribution < -0.4 is 16.4 Å². The first kappa shape index (κ1) is 22.2. The van der Waals surface area contributed by atoms with Gasteiger partial charge in [-0.3, -0.25) is 14.5 Å². The first-order valence-electron chi connectivity index (χ1n) is 9.78. The lowest BCUT2D eigenvalue weighted by atomic mass is 10.1. The van der Waals surface area contributed by atoms with Crippen molar-refractivity contribution in [3.05, 3.63) is 65.7 Å². The Morgan fingerprint density at radius 3 is 2.39 bits per heavy atom. The highest BCUT2D eigenvalue weighted by atomic mass is 19.1. The van der Waals surface area contributed by atoms with Crippen LogP contribution in [0, 0.1) is 11.6 Å². The molecule has 2 aromatic rings. The van der Waals surface area contributed by atoms with Crippen LogP contribution in [0.25, 0.3) is 0 Å². The second-order valence-electron chi connectivity index (χ2n) is 6.95. The van der Waals surface area contributed by atoms with Gasteiger partial charge in [-0.2, -0.15) is 0 Å². The Morgan fingerprint density at radius 1 is 1.00 bits per heavy atom. The number of hydrogen-bond donors (Lipinski definition) is 3. The van der Waals surface area contributed by atoms with E-state index in [0.29, 0.717) is 12.1 Å². The zero-order chi connectivity index (χ0) is 22.4. The smallest absolute Gasteiger partial charge is 0.323 e. The summed E-state index contributed by atoms with van der Waals surface area (Å²) in [5, 5.41) is 5.21. The van der Waals surface area contributed by atoms with Crippen LogP contribution >= 0.6 is 0 Å². The molecule has 4 amide bonds. The predicted molar refractivity (Wildman–Crippen MR) is 110 cm³/mol. The van der Waals surface area contributed by atoms with Crippen LogP contribution in [0.5, 0.6) is 0 Å². The van der Waals surface area contributed by atoms with E-state index in [2.05, 4.69) is 10.6 Å². The lowest BCUT2D eigenvalue weighted by Crippen LogP contribution is -2.64. The van der Waals surface area contributed by atoms with Crippen LogP contribution in [0.1, 0.15) is 16.8 Å². The average molecular weight is 431 g/mol. The number of amides is 4. The van der Waals surface area contributed by atoms with Crippen molar-refractivity contribution in [2.75, 3.05) is 31.5 Å². The Labute approximate surface area is 178 Å². The van der Waals surface area contributed by atoms with Crippen molar-refractivity contribution in [1.82, 2.24) is 15.1 Å². The molecule has 3 rings (SSSR count). The summed E-state index contributed by atoms with van der Waals surface area (Å²) in [6.07, 6.45) is -0.838. The Morgan fingerprint density at radius 2 is 1.71 bits per heavy atom.